The molecular formula is C19H30N2O. The second-order valence-electron chi connectivity index (χ2n) is 6.71. The van der Waals surface area contributed by atoms with Gasteiger partial charge in [-0.3, -0.25) is 4.79 Å². The third-order valence-corrected chi connectivity index (χ3v) is 4.78. The van der Waals surface area contributed by atoms with Crippen LogP contribution in [0.15, 0.2) is 12.1 Å². The Morgan fingerprint density at radius 1 is 1.18 bits per heavy atom. The molecular weight excluding hydrogens is 272 g/mol. The number of amides is 1. The fourth-order valence-corrected chi connectivity index (χ4v) is 3.53. The van der Waals surface area contributed by atoms with Crippen molar-refractivity contribution in [1.29, 1.82) is 0 Å². The number of nitrogens with one attached hydrogen (secondary N) is 2. The summed E-state index contributed by atoms with van der Waals surface area (Å²) in [6.07, 6.45) is 5.08. The third kappa shape index (κ3) is 5.13. The van der Waals surface area contributed by atoms with Gasteiger partial charge in [-0.2, -0.15) is 0 Å². The van der Waals surface area contributed by atoms with E-state index in [2.05, 4.69) is 43.5 Å². The standard InChI is InChI=1S/C19H30N2O/c1-14-12-15(2)18(16(3)13-14)8-11-21-19(22)5-4-17-6-9-20-10-7-17/h12-13,17,20H,4-11H2,1-3H3,(H,21,22). The molecule has 1 aliphatic heterocycles. The number of carbonyl (C=O) groups excluding carboxylic acids is 1. The quantitative estimate of drug-likeness (QED) is 0.848. The molecule has 1 saturated heterocycles. The highest BCUT2D eigenvalue weighted by molar-refractivity contribution is 5.75. The molecule has 0 unspecified atom stereocenters. The highest BCUT2D eigenvalue weighted by Crippen LogP contribution is 2.18. The number of rotatable bonds is 6. The fourth-order valence-electron chi connectivity index (χ4n) is 3.53. The number of hydrogen-bond donors (Lipinski definition) is 2. The van der Waals surface area contributed by atoms with Crippen molar-refractivity contribution in [2.45, 2.75) is 52.9 Å². The Hall–Kier alpha value is -1.35. The molecule has 1 amide bonds. The van der Waals surface area contributed by atoms with Gasteiger partial charge in [0, 0.05) is 13.0 Å². The first-order valence-electron chi connectivity index (χ1n) is 8.60. The van der Waals surface area contributed by atoms with Gasteiger partial charge in [-0.25, -0.2) is 0 Å². The number of hydrogen-bond acceptors (Lipinski definition) is 2. The second kappa shape index (κ2) is 8.33. The van der Waals surface area contributed by atoms with Gasteiger partial charge in [0.1, 0.15) is 0 Å². The van der Waals surface area contributed by atoms with Gasteiger partial charge in [-0.15, -0.1) is 0 Å². The fraction of sp³-hybridized carbons (Fsp3) is 0.632. The molecule has 0 aromatic heterocycles. The average Bonchev–Trinajstić information content (AvgIpc) is 2.49. The van der Waals surface area contributed by atoms with E-state index in [-0.39, 0.29) is 5.91 Å². The molecule has 22 heavy (non-hydrogen) atoms. The molecule has 3 nitrogen and oxygen atoms in total. The number of piperidine rings is 1. The second-order valence-corrected chi connectivity index (χ2v) is 6.71. The summed E-state index contributed by atoms with van der Waals surface area (Å²) in [5.74, 6) is 0.939. The number of carbonyl (C=O) groups is 1. The van der Waals surface area contributed by atoms with Crippen LogP contribution in [-0.4, -0.2) is 25.5 Å². The maximum atomic E-state index is 12.0. The minimum absolute atomic E-state index is 0.209. The summed E-state index contributed by atoms with van der Waals surface area (Å²) in [5.41, 5.74) is 5.36. The van der Waals surface area contributed by atoms with E-state index in [0.717, 1.165) is 38.4 Å². The van der Waals surface area contributed by atoms with Gasteiger partial charge in [-0.05, 0) is 82.2 Å². The Bertz CT molecular complexity index is 481. The lowest BCUT2D eigenvalue weighted by molar-refractivity contribution is -0.121. The van der Waals surface area contributed by atoms with Crippen molar-refractivity contribution in [3.63, 3.8) is 0 Å². The first-order chi connectivity index (χ1) is 10.6. The predicted octanol–water partition coefficient (Wildman–Crippen LogP) is 3.05. The molecule has 0 spiro atoms. The molecule has 0 saturated carbocycles. The van der Waals surface area contributed by atoms with Gasteiger partial charge in [0.05, 0.1) is 0 Å². The van der Waals surface area contributed by atoms with Crippen LogP contribution in [0.5, 0.6) is 0 Å². The van der Waals surface area contributed by atoms with Crippen molar-refractivity contribution < 1.29 is 4.79 Å². The Morgan fingerprint density at radius 2 is 1.82 bits per heavy atom. The van der Waals surface area contributed by atoms with Crippen molar-refractivity contribution in [1.82, 2.24) is 10.6 Å². The average molecular weight is 302 g/mol. The van der Waals surface area contributed by atoms with Crippen molar-refractivity contribution in [3.05, 3.63) is 34.4 Å². The zero-order chi connectivity index (χ0) is 15.9. The van der Waals surface area contributed by atoms with Crippen LogP contribution in [0, 0.1) is 26.7 Å². The number of aryl methyl sites for hydroxylation is 3. The van der Waals surface area contributed by atoms with Gasteiger partial charge in [-0.1, -0.05) is 17.7 Å². The van der Waals surface area contributed by atoms with Crippen LogP contribution in [-0.2, 0) is 11.2 Å². The monoisotopic (exact) mass is 302 g/mol. The summed E-state index contributed by atoms with van der Waals surface area (Å²) in [6.45, 7) is 9.42. The molecule has 0 radical (unpaired) electrons. The van der Waals surface area contributed by atoms with Crippen LogP contribution >= 0.6 is 0 Å². The van der Waals surface area contributed by atoms with Crippen LogP contribution in [0.4, 0.5) is 0 Å². The summed E-state index contributed by atoms with van der Waals surface area (Å²) < 4.78 is 0. The van der Waals surface area contributed by atoms with Crippen LogP contribution in [0.3, 0.4) is 0 Å². The Balaban J connectivity index is 1.70. The van der Waals surface area contributed by atoms with E-state index in [9.17, 15) is 4.79 Å². The maximum absolute atomic E-state index is 12.0. The van der Waals surface area contributed by atoms with Gasteiger partial charge < -0.3 is 10.6 Å². The van der Waals surface area contributed by atoms with E-state index in [1.165, 1.54) is 35.1 Å². The van der Waals surface area contributed by atoms with Crippen LogP contribution in [0.1, 0.15) is 47.9 Å². The first kappa shape index (κ1) is 17.0. The highest BCUT2D eigenvalue weighted by Gasteiger charge is 2.14. The Morgan fingerprint density at radius 3 is 2.45 bits per heavy atom. The smallest absolute Gasteiger partial charge is 0.220 e. The molecule has 3 heteroatoms. The summed E-state index contributed by atoms with van der Waals surface area (Å²) in [7, 11) is 0. The topological polar surface area (TPSA) is 41.1 Å². The minimum Gasteiger partial charge on any atom is -0.356 e. The van der Waals surface area contributed by atoms with Gasteiger partial charge in [0.15, 0.2) is 0 Å². The third-order valence-electron chi connectivity index (χ3n) is 4.78. The van der Waals surface area contributed by atoms with Crippen LogP contribution in [0.2, 0.25) is 0 Å². The number of benzene rings is 1. The van der Waals surface area contributed by atoms with E-state index in [1.807, 2.05) is 0 Å². The van der Waals surface area contributed by atoms with E-state index in [0.29, 0.717) is 6.42 Å². The molecule has 0 atom stereocenters. The first-order valence-corrected chi connectivity index (χ1v) is 8.60. The van der Waals surface area contributed by atoms with Crippen molar-refractivity contribution in [3.8, 4) is 0 Å². The molecule has 0 bridgehead atoms. The van der Waals surface area contributed by atoms with Crippen molar-refractivity contribution in [2.75, 3.05) is 19.6 Å². The maximum Gasteiger partial charge on any atom is 0.220 e. The van der Waals surface area contributed by atoms with Gasteiger partial charge >= 0.3 is 0 Å². The summed E-state index contributed by atoms with van der Waals surface area (Å²) >= 11 is 0. The minimum atomic E-state index is 0.209. The normalized spacial score (nSPS) is 15.8. The van der Waals surface area contributed by atoms with Crippen LogP contribution < -0.4 is 10.6 Å². The zero-order valence-corrected chi connectivity index (χ0v) is 14.3. The largest absolute Gasteiger partial charge is 0.356 e. The Kier molecular flexibility index (Phi) is 6.44. The molecule has 0 aliphatic carbocycles. The molecule has 2 rings (SSSR count). The molecule has 1 aromatic carbocycles. The van der Waals surface area contributed by atoms with E-state index in [1.54, 1.807) is 0 Å². The van der Waals surface area contributed by atoms with Crippen molar-refractivity contribution >= 4 is 5.91 Å². The predicted molar refractivity (Wildman–Crippen MR) is 92.2 cm³/mol. The van der Waals surface area contributed by atoms with E-state index < -0.39 is 0 Å². The molecule has 1 heterocycles. The molecule has 1 fully saturated rings. The summed E-state index contributed by atoms with van der Waals surface area (Å²) in [5, 5.41) is 6.45. The lowest BCUT2D eigenvalue weighted by atomic mass is 9.93. The zero-order valence-electron chi connectivity index (χ0n) is 14.3. The molecule has 2 N–H and O–H groups in total. The van der Waals surface area contributed by atoms with Gasteiger partial charge in [0.2, 0.25) is 5.91 Å². The molecule has 1 aliphatic rings. The van der Waals surface area contributed by atoms with Crippen LogP contribution in [0.25, 0.3) is 0 Å². The summed E-state index contributed by atoms with van der Waals surface area (Å²) in [6, 6.07) is 4.45. The SMILES string of the molecule is Cc1cc(C)c(CCNC(=O)CCC2CCNCC2)c(C)c1. The molecule has 1 aromatic rings. The molecule has 122 valence electrons. The van der Waals surface area contributed by atoms with Gasteiger partial charge in [0.25, 0.3) is 0 Å². The van der Waals surface area contributed by atoms with E-state index in [4.69, 9.17) is 0 Å². The van der Waals surface area contributed by atoms with E-state index >= 15 is 0 Å². The lowest BCUT2D eigenvalue weighted by Gasteiger charge is -2.22. The summed E-state index contributed by atoms with van der Waals surface area (Å²) in [4.78, 5) is 12.0. The Labute approximate surface area is 134 Å². The lowest BCUT2D eigenvalue weighted by Crippen LogP contribution is -2.30. The van der Waals surface area contributed by atoms with Crippen molar-refractivity contribution in [2.24, 2.45) is 5.92 Å². The highest BCUT2D eigenvalue weighted by atomic mass is 16.1.